The van der Waals surface area contributed by atoms with E-state index >= 15 is 0 Å². The van der Waals surface area contributed by atoms with Crippen LogP contribution < -0.4 is 5.73 Å². The first kappa shape index (κ1) is 12.3. The lowest BCUT2D eigenvalue weighted by atomic mass is 9.95. The van der Waals surface area contributed by atoms with Crippen LogP contribution in [0.5, 0.6) is 0 Å². The molecule has 4 heteroatoms. The Morgan fingerprint density at radius 3 is 2.73 bits per heavy atom. The van der Waals surface area contributed by atoms with Gasteiger partial charge in [0, 0.05) is 26.2 Å². The number of hydrogen-bond acceptors (Lipinski definition) is 2. The quantitative estimate of drug-likeness (QED) is 0.554. The molecule has 1 saturated heterocycles. The molecule has 1 atom stereocenters. The third kappa shape index (κ3) is 3.38. The monoisotopic (exact) mass is 213 g/mol. The fourth-order valence-electron chi connectivity index (χ4n) is 1.91. The average molecular weight is 213 g/mol. The molecule has 1 aliphatic heterocycles. The van der Waals surface area contributed by atoms with Crippen molar-refractivity contribution in [1.29, 1.82) is 0 Å². The fourth-order valence-corrected chi connectivity index (χ4v) is 1.91. The zero-order chi connectivity index (χ0) is 11.5. The van der Waals surface area contributed by atoms with Crippen molar-refractivity contribution in [3.63, 3.8) is 0 Å². The van der Waals surface area contributed by atoms with Crippen LogP contribution in [-0.4, -0.2) is 42.7 Å². The van der Waals surface area contributed by atoms with Gasteiger partial charge in [-0.25, -0.2) is 0 Å². The SMILES string of the molecule is COC1(C)CCCN(C(N)=NC(C)C)C1. The highest BCUT2D eigenvalue weighted by Gasteiger charge is 2.31. The molecule has 2 N–H and O–H groups in total. The molecule has 15 heavy (non-hydrogen) atoms. The number of aliphatic imine (C=N–C) groups is 1. The van der Waals surface area contributed by atoms with Crippen LogP contribution in [-0.2, 0) is 4.74 Å². The minimum Gasteiger partial charge on any atom is -0.377 e. The van der Waals surface area contributed by atoms with Gasteiger partial charge in [0.05, 0.1) is 5.60 Å². The maximum absolute atomic E-state index is 5.95. The summed E-state index contributed by atoms with van der Waals surface area (Å²) in [5, 5.41) is 0. The summed E-state index contributed by atoms with van der Waals surface area (Å²) < 4.78 is 5.51. The second-order valence-electron chi connectivity index (χ2n) is 4.76. The Morgan fingerprint density at radius 1 is 1.53 bits per heavy atom. The molecule has 0 aromatic heterocycles. The Bertz CT molecular complexity index is 240. The van der Waals surface area contributed by atoms with E-state index in [1.807, 2.05) is 13.8 Å². The highest BCUT2D eigenvalue weighted by atomic mass is 16.5. The van der Waals surface area contributed by atoms with Crippen LogP contribution in [0, 0.1) is 0 Å². The summed E-state index contributed by atoms with van der Waals surface area (Å²) in [7, 11) is 1.76. The second kappa shape index (κ2) is 4.84. The van der Waals surface area contributed by atoms with Crippen molar-refractivity contribution in [3.8, 4) is 0 Å². The van der Waals surface area contributed by atoms with Crippen molar-refractivity contribution in [2.75, 3.05) is 20.2 Å². The summed E-state index contributed by atoms with van der Waals surface area (Å²) in [5.41, 5.74) is 5.87. The van der Waals surface area contributed by atoms with E-state index in [1.54, 1.807) is 7.11 Å². The first-order valence-corrected chi connectivity index (χ1v) is 5.60. The minimum absolute atomic E-state index is 0.0740. The van der Waals surface area contributed by atoms with Crippen LogP contribution in [0.25, 0.3) is 0 Å². The van der Waals surface area contributed by atoms with Crippen molar-refractivity contribution in [2.45, 2.75) is 45.3 Å². The van der Waals surface area contributed by atoms with Crippen molar-refractivity contribution in [2.24, 2.45) is 10.7 Å². The zero-order valence-corrected chi connectivity index (χ0v) is 10.3. The molecule has 0 aliphatic carbocycles. The van der Waals surface area contributed by atoms with E-state index in [2.05, 4.69) is 16.8 Å². The Labute approximate surface area is 92.5 Å². The van der Waals surface area contributed by atoms with Gasteiger partial charge >= 0.3 is 0 Å². The molecule has 0 aromatic carbocycles. The molecule has 0 saturated carbocycles. The Hall–Kier alpha value is -0.770. The van der Waals surface area contributed by atoms with Gasteiger partial charge in [-0.1, -0.05) is 0 Å². The predicted octanol–water partition coefficient (Wildman–Crippen LogP) is 1.21. The van der Waals surface area contributed by atoms with Crippen LogP contribution >= 0.6 is 0 Å². The minimum atomic E-state index is -0.0740. The molecular formula is C11H23N3O. The molecular weight excluding hydrogens is 190 g/mol. The molecule has 1 heterocycles. The Kier molecular flexibility index (Phi) is 3.97. The van der Waals surface area contributed by atoms with E-state index in [4.69, 9.17) is 10.5 Å². The van der Waals surface area contributed by atoms with E-state index in [-0.39, 0.29) is 11.6 Å². The van der Waals surface area contributed by atoms with Crippen LogP contribution in [0.1, 0.15) is 33.6 Å². The average Bonchev–Trinajstić information content (AvgIpc) is 2.17. The highest BCUT2D eigenvalue weighted by Crippen LogP contribution is 2.23. The number of rotatable bonds is 2. The van der Waals surface area contributed by atoms with Crippen molar-refractivity contribution < 1.29 is 4.74 Å². The molecule has 1 fully saturated rings. The molecule has 0 spiro atoms. The number of nitrogens with two attached hydrogens (primary N) is 1. The summed E-state index contributed by atoms with van der Waals surface area (Å²) in [6.45, 7) is 8.02. The van der Waals surface area contributed by atoms with Gasteiger partial charge in [-0.15, -0.1) is 0 Å². The lowest BCUT2D eigenvalue weighted by molar-refractivity contribution is -0.0352. The van der Waals surface area contributed by atoms with Gasteiger partial charge < -0.3 is 15.4 Å². The molecule has 4 nitrogen and oxygen atoms in total. The van der Waals surface area contributed by atoms with E-state index < -0.39 is 0 Å². The topological polar surface area (TPSA) is 50.9 Å². The maximum Gasteiger partial charge on any atom is 0.191 e. The van der Waals surface area contributed by atoms with Crippen LogP contribution in [0.15, 0.2) is 4.99 Å². The maximum atomic E-state index is 5.95. The number of ether oxygens (including phenoxy) is 1. The van der Waals surface area contributed by atoms with Crippen LogP contribution in [0.4, 0.5) is 0 Å². The smallest absolute Gasteiger partial charge is 0.191 e. The lowest BCUT2D eigenvalue weighted by Gasteiger charge is -2.40. The zero-order valence-electron chi connectivity index (χ0n) is 10.3. The fraction of sp³-hybridized carbons (Fsp3) is 0.909. The van der Waals surface area contributed by atoms with E-state index in [0.717, 1.165) is 25.9 Å². The Morgan fingerprint density at radius 2 is 2.20 bits per heavy atom. The summed E-state index contributed by atoms with van der Waals surface area (Å²) in [6.07, 6.45) is 2.20. The van der Waals surface area contributed by atoms with E-state index in [9.17, 15) is 0 Å². The van der Waals surface area contributed by atoms with Gasteiger partial charge in [-0.3, -0.25) is 4.99 Å². The summed E-state index contributed by atoms with van der Waals surface area (Å²) >= 11 is 0. The van der Waals surface area contributed by atoms with Gasteiger partial charge in [0.1, 0.15) is 0 Å². The lowest BCUT2D eigenvalue weighted by Crippen LogP contribution is -2.52. The number of methoxy groups -OCH3 is 1. The molecule has 1 unspecified atom stereocenters. The molecule has 1 rings (SSSR count). The van der Waals surface area contributed by atoms with Crippen molar-refractivity contribution in [1.82, 2.24) is 4.90 Å². The number of hydrogen-bond donors (Lipinski definition) is 1. The normalized spacial score (nSPS) is 28.6. The summed E-state index contributed by atoms with van der Waals surface area (Å²) in [6, 6.07) is 0.251. The van der Waals surface area contributed by atoms with Gasteiger partial charge in [0.15, 0.2) is 5.96 Å². The summed E-state index contributed by atoms with van der Waals surface area (Å²) in [5.74, 6) is 0.646. The molecule has 0 aromatic rings. The molecule has 1 aliphatic rings. The largest absolute Gasteiger partial charge is 0.377 e. The number of guanidine groups is 1. The van der Waals surface area contributed by atoms with Crippen molar-refractivity contribution in [3.05, 3.63) is 0 Å². The predicted molar refractivity (Wildman–Crippen MR) is 63.0 cm³/mol. The van der Waals surface area contributed by atoms with E-state index in [0.29, 0.717) is 5.96 Å². The van der Waals surface area contributed by atoms with Gasteiger partial charge in [0.25, 0.3) is 0 Å². The van der Waals surface area contributed by atoms with E-state index in [1.165, 1.54) is 0 Å². The number of piperidine rings is 1. The van der Waals surface area contributed by atoms with Crippen LogP contribution in [0.2, 0.25) is 0 Å². The van der Waals surface area contributed by atoms with Gasteiger partial charge in [-0.2, -0.15) is 0 Å². The van der Waals surface area contributed by atoms with Gasteiger partial charge in [-0.05, 0) is 33.6 Å². The highest BCUT2D eigenvalue weighted by molar-refractivity contribution is 5.78. The molecule has 0 amide bonds. The third-order valence-corrected chi connectivity index (χ3v) is 2.87. The first-order chi connectivity index (χ1) is 6.97. The molecule has 88 valence electrons. The number of likely N-dealkylation sites (tertiary alicyclic amines) is 1. The van der Waals surface area contributed by atoms with Gasteiger partial charge in [0.2, 0.25) is 0 Å². The standard InChI is InChI=1S/C11H23N3O/c1-9(2)13-10(12)14-7-5-6-11(3,8-14)15-4/h9H,5-8H2,1-4H3,(H2,12,13). The summed E-state index contributed by atoms with van der Waals surface area (Å²) in [4.78, 5) is 6.48. The second-order valence-corrected chi connectivity index (χ2v) is 4.76. The third-order valence-electron chi connectivity index (χ3n) is 2.87. The Balaban J connectivity index is 2.64. The number of nitrogens with zero attached hydrogens (tertiary/aromatic N) is 2. The van der Waals surface area contributed by atoms with Crippen molar-refractivity contribution >= 4 is 5.96 Å². The first-order valence-electron chi connectivity index (χ1n) is 5.60. The molecule has 0 radical (unpaired) electrons. The van der Waals surface area contributed by atoms with Crippen LogP contribution in [0.3, 0.4) is 0 Å². The molecule has 0 bridgehead atoms.